The molecule has 1 aromatic heterocycles. The van der Waals surface area contributed by atoms with Gasteiger partial charge in [-0.15, -0.1) is 0 Å². The van der Waals surface area contributed by atoms with Gasteiger partial charge in [-0.05, 0) is 49.2 Å². The molecule has 7 heteroatoms. The van der Waals surface area contributed by atoms with Crippen LogP contribution in [0.1, 0.15) is 28.4 Å². The molecular formula is C19H20N2O3S2. The van der Waals surface area contributed by atoms with Crippen molar-refractivity contribution in [3.05, 3.63) is 57.9 Å². The van der Waals surface area contributed by atoms with E-state index in [4.69, 9.17) is 0 Å². The summed E-state index contributed by atoms with van der Waals surface area (Å²) in [6.45, 7) is 5.68. The van der Waals surface area contributed by atoms with Crippen molar-refractivity contribution in [2.45, 2.75) is 25.7 Å². The molecular weight excluding hydrogens is 368 g/mol. The molecule has 3 aromatic rings. The van der Waals surface area contributed by atoms with Gasteiger partial charge in [0.1, 0.15) is 0 Å². The standard InChI is InChI=1S/C19H20N2O3S2/c1-5-26(23,24)15-8-6-7-14(11-15)18(22)20-19-21(4)17-13(3)12(2)9-10-16(17)25-19/h6-11H,5H2,1-4H3. The Kier molecular flexibility index (Phi) is 4.86. The topological polar surface area (TPSA) is 68.5 Å². The number of rotatable bonds is 3. The molecule has 2 aromatic carbocycles. The summed E-state index contributed by atoms with van der Waals surface area (Å²) in [6.07, 6.45) is 0. The number of amides is 1. The summed E-state index contributed by atoms with van der Waals surface area (Å²) in [5.74, 6) is -0.458. The molecule has 0 bridgehead atoms. The monoisotopic (exact) mass is 388 g/mol. The second-order valence-electron chi connectivity index (χ2n) is 6.15. The Morgan fingerprint density at radius 3 is 2.62 bits per heavy atom. The third kappa shape index (κ3) is 3.24. The van der Waals surface area contributed by atoms with Gasteiger partial charge in [-0.25, -0.2) is 8.42 Å². The first-order valence-electron chi connectivity index (χ1n) is 8.22. The normalized spacial score (nSPS) is 12.7. The van der Waals surface area contributed by atoms with Crippen LogP contribution in [0.4, 0.5) is 0 Å². The molecule has 0 saturated heterocycles. The third-order valence-electron chi connectivity index (χ3n) is 4.51. The fraction of sp³-hybridized carbons (Fsp3) is 0.263. The number of sulfone groups is 1. The summed E-state index contributed by atoms with van der Waals surface area (Å²) < 4.78 is 27.0. The van der Waals surface area contributed by atoms with Gasteiger partial charge in [0.05, 0.1) is 20.9 Å². The molecule has 0 N–H and O–H groups in total. The zero-order valence-corrected chi connectivity index (χ0v) is 16.7. The molecule has 0 unspecified atom stereocenters. The van der Waals surface area contributed by atoms with Crippen LogP contribution in [0, 0.1) is 13.8 Å². The lowest BCUT2D eigenvalue weighted by molar-refractivity contribution is 0.0997. The smallest absolute Gasteiger partial charge is 0.279 e. The molecule has 0 spiro atoms. The summed E-state index contributed by atoms with van der Waals surface area (Å²) in [5.41, 5.74) is 3.67. The maximum absolute atomic E-state index is 12.6. The fourth-order valence-electron chi connectivity index (χ4n) is 2.78. The second kappa shape index (κ2) is 6.81. The van der Waals surface area contributed by atoms with E-state index in [1.165, 1.54) is 29.0 Å². The van der Waals surface area contributed by atoms with Crippen LogP contribution in [-0.4, -0.2) is 24.6 Å². The highest BCUT2D eigenvalue weighted by Gasteiger charge is 2.15. The van der Waals surface area contributed by atoms with Gasteiger partial charge in [0, 0.05) is 12.6 Å². The van der Waals surface area contributed by atoms with E-state index < -0.39 is 15.7 Å². The number of nitrogens with zero attached hydrogens (tertiary/aromatic N) is 2. The molecule has 136 valence electrons. The number of fused-ring (bicyclic) bond motifs is 1. The molecule has 0 saturated carbocycles. The number of aryl methyl sites for hydroxylation is 3. The van der Waals surface area contributed by atoms with E-state index in [0.717, 1.165) is 15.8 Å². The Morgan fingerprint density at radius 2 is 1.92 bits per heavy atom. The van der Waals surface area contributed by atoms with E-state index in [9.17, 15) is 13.2 Å². The van der Waals surface area contributed by atoms with Crippen LogP contribution >= 0.6 is 11.3 Å². The Balaban J connectivity index is 2.11. The van der Waals surface area contributed by atoms with Crippen LogP contribution in [0.2, 0.25) is 0 Å². The largest absolute Gasteiger partial charge is 0.319 e. The average molecular weight is 389 g/mol. The number of carbonyl (C=O) groups excluding carboxylic acids is 1. The van der Waals surface area contributed by atoms with Crippen molar-refractivity contribution in [3.8, 4) is 0 Å². The van der Waals surface area contributed by atoms with Crippen molar-refractivity contribution in [2.75, 3.05) is 5.75 Å². The van der Waals surface area contributed by atoms with Gasteiger partial charge in [-0.2, -0.15) is 4.99 Å². The summed E-state index contributed by atoms with van der Waals surface area (Å²) in [6, 6.07) is 10.1. The van der Waals surface area contributed by atoms with Crippen molar-refractivity contribution in [2.24, 2.45) is 12.0 Å². The molecule has 1 heterocycles. The van der Waals surface area contributed by atoms with Crippen molar-refractivity contribution in [3.63, 3.8) is 0 Å². The van der Waals surface area contributed by atoms with E-state index in [0.29, 0.717) is 4.80 Å². The quantitative estimate of drug-likeness (QED) is 0.691. The number of hydrogen-bond donors (Lipinski definition) is 0. The van der Waals surface area contributed by atoms with E-state index in [-0.39, 0.29) is 16.2 Å². The Hall–Kier alpha value is -2.25. The van der Waals surface area contributed by atoms with Crippen LogP contribution in [0.15, 0.2) is 46.3 Å². The van der Waals surface area contributed by atoms with Crippen LogP contribution in [0.3, 0.4) is 0 Å². The van der Waals surface area contributed by atoms with Crippen LogP contribution in [0.5, 0.6) is 0 Å². The van der Waals surface area contributed by atoms with Crippen molar-refractivity contribution in [1.29, 1.82) is 0 Å². The van der Waals surface area contributed by atoms with Gasteiger partial charge in [-0.1, -0.05) is 30.4 Å². The number of hydrogen-bond acceptors (Lipinski definition) is 4. The predicted octanol–water partition coefficient (Wildman–Crippen LogP) is 3.39. The number of carbonyl (C=O) groups is 1. The third-order valence-corrected chi connectivity index (χ3v) is 7.34. The number of thiazole rings is 1. The first-order valence-corrected chi connectivity index (χ1v) is 10.7. The maximum Gasteiger partial charge on any atom is 0.279 e. The molecule has 1 amide bonds. The predicted molar refractivity (Wildman–Crippen MR) is 104 cm³/mol. The molecule has 0 aliphatic heterocycles. The second-order valence-corrected chi connectivity index (χ2v) is 9.43. The molecule has 26 heavy (non-hydrogen) atoms. The van der Waals surface area contributed by atoms with Crippen molar-refractivity contribution >= 4 is 37.3 Å². The lowest BCUT2D eigenvalue weighted by Crippen LogP contribution is -2.14. The van der Waals surface area contributed by atoms with Crippen LogP contribution in [-0.2, 0) is 16.9 Å². The Bertz CT molecular complexity index is 1190. The summed E-state index contributed by atoms with van der Waals surface area (Å²) in [5, 5.41) is 0. The van der Waals surface area contributed by atoms with Crippen LogP contribution in [0.25, 0.3) is 10.2 Å². The van der Waals surface area contributed by atoms with Gasteiger partial charge in [0.2, 0.25) is 0 Å². The Morgan fingerprint density at radius 1 is 1.19 bits per heavy atom. The average Bonchev–Trinajstić information content (AvgIpc) is 2.94. The lowest BCUT2D eigenvalue weighted by Gasteiger charge is -2.04. The van der Waals surface area contributed by atoms with E-state index >= 15 is 0 Å². The Labute approximate surface area is 156 Å². The first-order chi connectivity index (χ1) is 12.2. The molecule has 0 fully saturated rings. The summed E-state index contributed by atoms with van der Waals surface area (Å²) in [7, 11) is -1.48. The minimum atomic E-state index is -3.36. The number of benzene rings is 2. The fourth-order valence-corrected chi connectivity index (χ4v) is 4.78. The highest BCUT2D eigenvalue weighted by atomic mass is 32.2. The van der Waals surface area contributed by atoms with E-state index in [2.05, 4.69) is 18.0 Å². The molecule has 0 atom stereocenters. The first kappa shape index (κ1) is 18.5. The number of aromatic nitrogens is 1. The molecule has 5 nitrogen and oxygen atoms in total. The zero-order chi connectivity index (χ0) is 19.1. The molecule has 0 aliphatic rings. The molecule has 0 radical (unpaired) electrons. The van der Waals surface area contributed by atoms with Gasteiger partial charge >= 0.3 is 0 Å². The minimum Gasteiger partial charge on any atom is -0.319 e. The molecule has 0 aliphatic carbocycles. The van der Waals surface area contributed by atoms with E-state index in [1.807, 2.05) is 24.6 Å². The highest BCUT2D eigenvalue weighted by Crippen LogP contribution is 2.23. The van der Waals surface area contributed by atoms with Gasteiger partial charge in [-0.3, -0.25) is 4.79 Å². The maximum atomic E-state index is 12.6. The van der Waals surface area contributed by atoms with E-state index in [1.54, 1.807) is 19.1 Å². The summed E-state index contributed by atoms with van der Waals surface area (Å²) in [4.78, 5) is 17.6. The minimum absolute atomic E-state index is 0.00825. The van der Waals surface area contributed by atoms with Gasteiger partial charge in [0.15, 0.2) is 14.6 Å². The summed E-state index contributed by atoms with van der Waals surface area (Å²) >= 11 is 1.44. The lowest BCUT2D eigenvalue weighted by atomic mass is 10.1. The highest BCUT2D eigenvalue weighted by molar-refractivity contribution is 7.91. The molecule has 3 rings (SSSR count). The van der Waals surface area contributed by atoms with Gasteiger partial charge in [0.25, 0.3) is 5.91 Å². The van der Waals surface area contributed by atoms with Crippen molar-refractivity contribution < 1.29 is 13.2 Å². The SMILES string of the molecule is CCS(=O)(=O)c1cccc(C(=O)N=c2sc3ccc(C)c(C)c3n2C)c1. The van der Waals surface area contributed by atoms with Gasteiger partial charge < -0.3 is 4.57 Å². The van der Waals surface area contributed by atoms with Crippen LogP contribution < -0.4 is 4.80 Å². The van der Waals surface area contributed by atoms with Crippen molar-refractivity contribution in [1.82, 2.24) is 4.57 Å². The zero-order valence-electron chi connectivity index (χ0n) is 15.1.